The van der Waals surface area contributed by atoms with Crippen LogP contribution in [0.1, 0.15) is 38.2 Å². The van der Waals surface area contributed by atoms with E-state index in [1.807, 2.05) is 6.92 Å². The van der Waals surface area contributed by atoms with Gasteiger partial charge < -0.3 is 9.04 Å². The predicted molar refractivity (Wildman–Crippen MR) is 84.1 cm³/mol. The van der Waals surface area contributed by atoms with E-state index in [0.717, 1.165) is 5.56 Å². The number of nitrogens with zero attached hydrogens (tertiary/aromatic N) is 1. The van der Waals surface area contributed by atoms with Crippen molar-refractivity contribution in [2.24, 2.45) is 0 Å². The van der Waals surface area contributed by atoms with Crippen molar-refractivity contribution in [1.29, 1.82) is 0 Å². The Labute approximate surface area is 129 Å². The SMILES string of the molecule is CCC[N+]1(C)CCCCC1.Cc1ccc(S(=O)(=O)[O-])cc1. The lowest BCUT2D eigenvalue weighted by atomic mass is 10.1. The van der Waals surface area contributed by atoms with Crippen molar-refractivity contribution in [3.05, 3.63) is 29.8 Å². The summed E-state index contributed by atoms with van der Waals surface area (Å²) in [6, 6.07) is 5.78. The average Bonchev–Trinajstić information content (AvgIpc) is 2.39. The van der Waals surface area contributed by atoms with Gasteiger partial charge in [-0.2, -0.15) is 0 Å². The summed E-state index contributed by atoms with van der Waals surface area (Å²) in [5, 5.41) is 0. The van der Waals surface area contributed by atoms with E-state index >= 15 is 0 Å². The van der Waals surface area contributed by atoms with Crippen LogP contribution in [0.4, 0.5) is 0 Å². The fourth-order valence-electron chi connectivity index (χ4n) is 2.74. The van der Waals surface area contributed by atoms with Crippen molar-refractivity contribution >= 4 is 10.1 Å². The fraction of sp³-hybridized carbons (Fsp3) is 0.625. The third-order valence-corrected chi connectivity index (χ3v) is 4.82. The van der Waals surface area contributed by atoms with E-state index in [-0.39, 0.29) is 4.90 Å². The zero-order valence-electron chi connectivity index (χ0n) is 13.3. The second kappa shape index (κ2) is 7.92. The number of quaternary nitrogens is 1. The van der Waals surface area contributed by atoms with Crippen LogP contribution in [-0.2, 0) is 10.1 Å². The molecule has 0 aromatic heterocycles. The first kappa shape index (κ1) is 18.1. The highest BCUT2D eigenvalue weighted by Gasteiger charge is 2.22. The molecule has 2 rings (SSSR count). The van der Waals surface area contributed by atoms with Crippen molar-refractivity contribution in [2.75, 3.05) is 26.7 Å². The Balaban J connectivity index is 0.000000211. The van der Waals surface area contributed by atoms with Crippen LogP contribution in [0.5, 0.6) is 0 Å². The molecule has 0 N–H and O–H groups in total. The highest BCUT2D eigenvalue weighted by Crippen LogP contribution is 2.16. The number of hydrogen-bond donors (Lipinski definition) is 0. The Morgan fingerprint density at radius 3 is 2.05 bits per heavy atom. The molecule has 1 aliphatic rings. The third kappa shape index (κ3) is 6.59. The van der Waals surface area contributed by atoms with Crippen LogP contribution in [0, 0.1) is 6.92 Å². The molecule has 21 heavy (non-hydrogen) atoms. The molecule has 4 nitrogen and oxygen atoms in total. The summed E-state index contributed by atoms with van der Waals surface area (Å²) < 4.78 is 32.5. The first-order valence-electron chi connectivity index (χ1n) is 7.63. The first-order valence-corrected chi connectivity index (χ1v) is 9.04. The molecule has 1 saturated heterocycles. The van der Waals surface area contributed by atoms with Crippen molar-refractivity contribution < 1.29 is 17.5 Å². The van der Waals surface area contributed by atoms with Gasteiger partial charge in [0.25, 0.3) is 0 Å². The topological polar surface area (TPSA) is 57.2 Å². The molecule has 0 amide bonds. The average molecular weight is 313 g/mol. The van der Waals surface area contributed by atoms with Crippen molar-refractivity contribution in [3.8, 4) is 0 Å². The third-order valence-electron chi connectivity index (χ3n) is 3.97. The van der Waals surface area contributed by atoms with E-state index in [0.29, 0.717) is 0 Å². The monoisotopic (exact) mass is 313 g/mol. The zero-order valence-corrected chi connectivity index (χ0v) is 14.2. The van der Waals surface area contributed by atoms with Gasteiger partial charge in [0.1, 0.15) is 10.1 Å². The molecular formula is C16H27NO3S. The second-order valence-corrected chi connectivity index (χ2v) is 7.50. The highest BCUT2D eigenvalue weighted by atomic mass is 32.2. The zero-order chi connectivity index (χ0) is 15.9. The van der Waals surface area contributed by atoms with Crippen LogP contribution < -0.4 is 0 Å². The maximum Gasteiger partial charge on any atom is 0.124 e. The predicted octanol–water partition coefficient (Wildman–Crippen LogP) is 2.93. The van der Waals surface area contributed by atoms with Crippen LogP contribution in [0.15, 0.2) is 29.2 Å². The van der Waals surface area contributed by atoms with Crippen LogP contribution >= 0.6 is 0 Å². The molecule has 5 heteroatoms. The maximum absolute atomic E-state index is 10.4. The Kier molecular flexibility index (Phi) is 6.84. The molecule has 1 aromatic rings. The van der Waals surface area contributed by atoms with E-state index in [2.05, 4.69) is 14.0 Å². The summed E-state index contributed by atoms with van der Waals surface area (Å²) in [5.41, 5.74) is 0.928. The molecule has 1 fully saturated rings. The molecule has 120 valence electrons. The molecule has 0 radical (unpaired) electrons. The van der Waals surface area contributed by atoms with Gasteiger partial charge >= 0.3 is 0 Å². The summed E-state index contributed by atoms with van der Waals surface area (Å²) in [5.74, 6) is 0. The van der Waals surface area contributed by atoms with Gasteiger partial charge in [-0.25, -0.2) is 8.42 Å². The normalized spacial score (nSPS) is 17.7. The Morgan fingerprint density at radius 2 is 1.62 bits per heavy atom. The summed E-state index contributed by atoms with van der Waals surface area (Å²) in [6.45, 7) is 8.35. The van der Waals surface area contributed by atoms with Gasteiger partial charge in [-0.1, -0.05) is 24.6 Å². The molecule has 0 saturated carbocycles. The molecule has 0 aliphatic carbocycles. The van der Waals surface area contributed by atoms with Crippen molar-refractivity contribution in [1.82, 2.24) is 0 Å². The number of aryl methyl sites for hydroxylation is 1. The first-order chi connectivity index (χ1) is 9.77. The molecular weight excluding hydrogens is 286 g/mol. The summed E-state index contributed by atoms with van der Waals surface area (Å²) in [6.07, 6.45) is 5.72. The van der Waals surface area contributed by atoms with Crippen LogP contribution in [0.25, 0.3) is 0 Å². The molecule has 1 aromatic carbocycles. The minimum absolute atomic E-state index is 0.178. The highest BCUT2D eigenvalue weighted by molar-refractivity contribution is 7.85. The fourth-order valence-corrected chi connectivity index (χ4v) is 3.21. The number of rotatable bonds is 3. The minimum atomic E-state index is -4.27. The number of benzene rings is 1. The maximum atomic E-state index is 10.4. The van der Waals surface area contributed by atoms with Gasteiger partial charge in [0, 0.05) is 0 Å². The van der Waals surface area contributed by atoms with Crippen LogP contribution in [-0.4, -0.2) is 44.1 Å². The van der Waals surface area contributed by atoms with Crippen molar-refractivity contribution in [3.63, 3.8) is 0 Å². The summed E-state index contributed by atoms with van der Waals surface area (Å²) in [7, 11) is -1.86. The second-order valence-electron chi connectivity index (χ2n) is 6.12. The molecule has 0 atom stereocenters. The lowest BCUT2D eigenvalue weighted by Gasteiger charge is -2.37. The quantitative estimate of drug-likeness (QED) is 0.637. The van der Waals surface area contributed by atoms with E-state index in [9.17, 15) is 13.0 Å². The lowest BCUT2D eigenvalue weighted by Crippen LogP contribution is -2.48. The molecule has 0 unspecified atom stereocenters. The van der Waals surface area contributed by atoms with Gasteiger partial charge in [-0.15, -0.1) is 0 Å². The molecule has 0 bridgehead atoms. The number of likely N-dealkylation sites (tertiary alicyclic amines) is 1. The standard InChI is InChI=1S/C9H20N.C7H8O3S/c1-3-7-10(2)8-5-4-6-9-10;1-6-2-4-7(5-3-6)11(8,9)10/h3-9H2,1-2H3;2-5H,1H3,(H,8,9,10)/q+1;/p-1. The van der Waals surface area contributed by atoms with Crippen LogP contribution in [0.2, 0.25) is 0 Å². The van der Waals surface area contributed by atoms with E-state index < -0.39 is 10.1 Å². The van der Waals surface area contributed by atoms with Crippen molar-refractivity contribution in [2.45, 2.75) is 44.4 Å². The van der Waals surface area contributed by atoms with Gasteiger partial charge in [-0.05, 0) is 44.7 Å². The smallest absolute Gasteiger partial charge is 0.124 e. The lowest BCUT2D eigenvalue weighted by molar-refractivity contribution is -0.914. The van der Waals surface area contributed by atoms with Gasteiger partial charge in [-0.3, -0.25) is 0 Å². The minimum Gasteiger partial charge on any atom is -0.744 e. The van der Waals surface area contributed by atoms with Crippen LogP contribution in [0.3, 0.4) is 0 Å². The van der Waals surface area contributed by atoms with E-state index in [1.165, 1.54) is 61.9 Å². The Hall–Kier alpha value is -0.910. The Morgan fingerprint density at radius 1 is 1.10 bits per heavy atom. The number of hydrogen-bond acceptors (Lipinski definition) is 3. The van der Waals surface area contributed by atoms with Gasteiger partial charge in [0.15, 0.2) is 0 Å². The van der Waals surface area contributed by atoms with Gasteiger partial charge in [0.05, 0.1) is 31.6 Å². The largest absolute Gasteiger partial charge is 0.744 e. The van der Waals surface area contributed by atoms with E-state index in [4.69, 9.17) is 0 Å². The Bertz CT molecular complexity index is 511. The van der Waals surface area contributed by atoms with E-state index in [1.54, 1.807) is 12.1 Å². The molecule has 0 spiro atoms. The number of piperidine rings is 1. The summed E-state index contributed by atoms with van der Waals surface area (Å²) in [4.78, 5) is -0.178. The molecule has 1 aliphatic heterocycles. The molecule has 1 heterocycles. The van der Waals surface area contributed by atoms with Gasteiger partial charge in [0.2, 0.25) is 0 Å². The summed E-state index contributed by atoms with van der Waals surface area (Å²) >= 11 is 0.